The summed E-state index contributed by atoms with van der Waals surface area (Å²) in [6, 6.07) is 15.1. The van der Waals surface area contributed by atoms with Crippen molar-refractivity contribution in [1.82, 2.24) is 0 Å². The van der Waals surface area contributed by atoms with Crippen LogP contribution in [-0.4, -0.2) is 6.29 Å². The Morgan fingerprint density at radius 1 is 1.06 bits per heavy atom. The second kappa shape index (κ2) is 5.11. The topological polar surface area (TPSA) is 40.9 Å². The molecule has 0 aliphatic carbocycles. The number of hydrogen-bond acceptors (Lipinski definition) is 2. The van der Waals surface area contributed by atoms with Gasteiger partial charge in [0.2, 0.25) is 0 Å². The molecule has 0 saturated carbocycles. The van der Waals surface area contributed by atoms with E-state index in [4.69, 9.17) is 5.26 Å². The zero-order chi connectivity index (χ0) is 12.3. The summed E-state index contributed by atoms with van der Waals surface area (Å²) in [7, 11) is 0. The van der Waals surface area contributed by atoms with Gasteiger partial charge in [0.25, 0.3) is 0 Å². The van der Waals surface area contributed by atoms with Gasteiger partial charge in [-0.25, -0.2) is 0 Å². The van der Waals surface area contributed by atoms with Crippen LogP contribution in [0.15, 0.2) is 42.5 Å². The van der Waals surface area contributed by atoms with E-state index < -0.39 is 0 Å². The molecule has 0 radical (unpaired) electrons. The Hall–Kier alpha value is -1.67. The van der Waals surface area contributed by atoms with Gasteiger partial charge in [-0.1, -0.05) is 12.1 Å². The van der Waals surface area contributed by atoms with Gasteiger partial charge in [0.05, 0.1) is 11.6 Å². The molecular weight excluding hydrogens is 325 g/mol. The standard InChI is InChI=1S/C14H8INO/c15-14-6-11(9-17)5-13(7-14)12-3-1-10(8-16)2-4-12/h1-7,9H. The van der Waals surface area contributed by atoms with E-state index >= 15 is 0 Å². The first-order valence-corrected chi connectivity index (χ1v) is 6.07. The van der Waals surface area contributed by atoms with E-state index in [0.717, 1.165) is 21.0 Å². The minimum Gasteiger partial charge on any atom is -0.298 e. The lowest BCUT2D eigenvalue weighted by Crippen LogP contribution is -1.86. The number of hydrogen-bond donors (Lipinski definition) is 0. The Labute approximate surface area is 113 Å². The third-order valence-electron chi connectivity index (χ3n) is 2.40. The second-order valence-corrected chi connectivity index (χ2v) is 4.83. The molecule has 0 saturated heterocycles. The molecule has 3 heteroatoms. The zero-order valence-electron chi connectivity index (χ0n) is 8.85. The fourth-order valence-corrected chi connectivity index (χ4v) is 2.28. The molecule has 0 amide bonds. The normalized spacial score (nSPS) is 9.65. The highest BCUT2D eigenvalue weighted by Gasteiger charge is 2.02. The van der Waals surface area contributed by atoms with Crippen molar-refractivity contribution < 1.29 is 4.79 Å². The van der Waals surface area contributed by atoms with E-state index in [1.54, 1.807) is 12.1 Å². The molecule has 0 aliphatic rings. The Morgan fingerprint density at radius 2 is 1.76 bits per heavy atom. The van der Waals surface area contributed by atoms with Crippen LogP contribution in [0, 0.1) is 14.9 Å². The van der Waals surface area contributed by atoms with Gasteiger partial charge in [-0.2, -0.15) is 5.26 Å². The third-order valence-corrected chi connectivity index (χ3v) is 3.03. The van der Waals surface area contributed by atoms with Crippen molar-refractivity contribution in [2.45, 2.75) is 0 Å². The predicted octanol–water partition coefficient (Wildman–Crippen LogP) is 3.64. The predicted molar refractivity (Wildman–Crippen MR) is 74.7 cm³/mol. The molecule has 0 spiro atoms. The molecule has 2 rings (SSSR count). The number of rotatable bonds is 2. The fraction of sp³-hybridized carbons (Fsp3) is 0. The SMILES string of the molecule is N#Cc1ccc(-c2cc(I)cc(C=O)c2)cc1. The molecule has 0 aromatic heterocycles. The maximum atomic E-state index is 10.8. The summed E-state index contributed by atoms with van der Waals surface area (Å²) in [4.78, 5) is 10.8. The smallest absolute Gasteiger partial charge is 0.150 e. The number of nitriles is 1. The van der Waals surface area contributed by atoms with Crippen molar-refractivity contribution in [2.75, 3.05) is 0 Å². The number of nitrogens with zero attached hydrogens (tertiary/aromatic N) is 1. The number of halogens is 1. The van der Waals surface area contributed by atoms with Crippen LogP contribution in [0.25, 0.3) is 11.1 Å². The van der Waals surface area contributed by atoms with Gasteiger partial charge in [0.1, 0.15) is 6.29 Å². The highest BCUT2D eigenvalue weighted by atomic mass is 127. The molecule has 2 nitrogen and oxygen atoms in total. The Balaban J connectivity index is 2.48. The van der Waals surface area contributed by atoms with Crippen molar-refractivity contribution in [3.8, 4) is 17.2 Å². The van der Waals surface area contributed by atoms with E-state index in [1.165, 1.54) is 0 Å². The summed E-state index contributed by atoms with van der Waals surface area (Å²) in [5, 5.41) is 8.73. The average Bonchev–Trinajstić information content (AvgIpc) is 2.38. The van der Waals surface area contributed by atoms with E-state index in [1.807, 2.05) is 30.3 Å². The summed E-state index contributed by atoms with van der Waals surface area (Å²) in [6.07, 6.45) is 0.843. The molecule has 82 valence electrons. The van der Waals surface area contributed by atoms with Crippen molar-refractivity contribution in [3.05, 3.63) is 57.2 Å². The summed E-state index contributed by atoms with van der Waals surface area (Å²) in [5.41, 5.74) is 3.29. The minimum absolute atomic E-state index is 0.634. The summed E-state index contributed by atoms with van der Waals surface area (Å²) in [6.45, 7) is 0. The summed E-state index contributed by atoms with van der Waals surface area (Å²) < 4.78 is 1.02. The molecule has 0 unspecified atom stereocenters. The van der Waals surface area contributed by atoms with Crippen LogP contribution >= 0.6 is 22.6 Å². The Morgan fingerprint density at radius 3 is 2.35 bits per heavy atom. The monoisotopic (exact) mass is 333 g/mol. The van der Waals surface area contributed by atoms with Gasteiger partial charge in [0, 0.05) is 9.13 Å². The Kier molecular flexibility index (Phi) is 3.55. The maximum absolute atomic E-state index is 10.8. The average molecular weight is 333 g/mol. The first kappa shape index (κ1) is 11.8. The molecule has 17 heavy (non-hydrogen) atoms. The van der Waals surface area contributed by atoms with Gasteiger partial charge < -0.3 is 0 Å². The maximum Gasteiger partial charge on any atom is 0.150 e. The molecule has 0 atom stereocenters. The largest absolute Gasteiger partial charge is 0.298 e. The lowest BCUT2D eigenvalue weighted by molar-refractivity contribution is 0.112. The van der Waals surface area contributed by atoms with Crippen molar-refractivity contribution in [3.63, 3.8) is 0 Å². The number of carbonyl (C=O) groups excluding carboxylic acids is 1. The first-order chi connectivity index (χ1) is 8.22. The second-order valence-electron chi connectivity index (χ2n) is 3.58. The van der Waals surface area contributed by atoms with Gasteiger partial charge in [-0.15, -0.1) is 0 Å². The van der Waals surface area contributed by atoms with Crippen LogP contribution in [0.4, 0.5) is 0 Å². The van der Waals surface area contributed by atoms with E-state index in [0.29, 0.717) is 11.1 Å². The van der Waals surface area contributed by atoms with Crippen LogP contribution in [0.3, 0.4) is 0 Å². The molecule has 2 aromatic rings. The van der Waals surface area contributed by atoms with Crippen LogP contribution in [0.2, 0.25) is 0 Å². The van der Waals surface area contributed by atoms with Gasteiger partial charge in [-0.3, -0.25) is 4.79 Å². The number of carbonyl (C=O) groups is 1. The van der Waals surface area contributed by atoms with Gasteiger partial charge in [-0.05, 0) is 64.0 Å². The third kappa shape index (κ3) is 2.71. The van der Waals surface area contributed by atoms with Crippen LogP contribution in [0.5, 0.6) is 0 Å². The lowest BCUT2D eigenvalue weighted by atomic mass is 10.0. The minimum atomic E-state index is 0.634. The first-order valence-electron chi connectivity index (χ1n) is 4.99. The molecule has 0 fully saturated rings. The van der Waals surface area contributed by atoms with Gasteiger partial charge in [0.15, 0.2) is 0 Å². The molecule has 0 heterocycles. The summed E-state index contributed by atoms with van der Waals surface area (Å²) in [5.74, 6) is 0. The highest BCUT2D eigenvalue weighted by Crippen LogP contribution is 2.23. The zero-order valence-corrected chi connectivity index (χ0v) is 11.0. The van der Waals surface area contributed by atoms with Crippen molar-refractivity contribution in [2.24, 2.45) is 0 Å². The molecular formula is C14H8INO. The van der Waals surface area contributed by atoms with Crippen LogP contribution in [-0.2, 0) is 0 Å². The number of benzene rings is 2. The lowest BCUT2D eigenvalue weighted by Gasteiger charge is -2.04. The summed E-state index contributed by atoms with van der Waals surface area (Å²) >= 11 is 2.18. The quantitative estimate of drug-likeness (QED) is 0.622. The van der Waals surface area contributed by atoms with E-state index in [-0.39, 0.29) is 0 Å². The van der Waals surface area contributed by atoms with Gasteiger partial charge >= 0.3 is 0 Å². The van der Waals surface area contributed by atoms with E-state index in [2.05, 4.69) is 28.7 Å². The Bertz CT molecular complexity index is 597. The molecule has 0 N–H and O–H groups in total. The van der Waals surface area contributed by atoms with Crippen LogP contribution in [0.1, 0.15) is 15.9 Å². The molecule has 0 bridgehead atoms. The highest BCUT2D eigenvalue weighted by molar-refractivity contribution is 14.1. The van der Waals surface area contributed by atoms with Crippen molar-refractivity contribution >= 4 is 28.9 Å². The van der Waals surface area contributed by atoms with E-state index in [9.17, 15) is 4.79 Å². The number of aldehydes is 1. The fourth-order valence-electron chi connectivity index (χ4n) is 1.58. The van der Waals surface area contributed by atoms with Crippen LogP contribution < -0.4 is 0 Å². The van der Waals surface area contributed by atoms with Crippen molar-refractivity contribution in [1.29, 1.82) is 5.26 Å². The molecule has 2 aromatic carbocycles. The molecule has 0 aliphatic heterocycles.